The van der Waals surface area contributed by atoms with Gasteiger partial charge in [-0.15, -0.1) is 0 Å². The Labute approximate surface area is 143 Å². The molecule has 0 aliphatic carbocycles. The topological polar surface area (TPSA) is 113 Å². The van der Waals surface area contributed by atoms with Crippen LogP contribution in [0.4, 0.5) is 21.9 Å². The number of urea groups is 1. The van der Waals surface area contributed by atoms with Gasteiger partial charge in [0.05, 0.1) is 4.92 Å². The lowest BCUT2D eigenvalue weighted by Gasteiger charge is -2.07. The van der Waals surface area contributed by atoms with Crippen LogP contribution in [0.3, 0.4) is 0 Å². The summed E-state index contributed by atoms with van der Waals surface area (Å²) in [6.45, 7) is 0. The van der Waals surface area contributed by atoms with Gasteiger partial charge in [-0.2, -0.15) is 0 Å². The zero-order chi connectivity index (χ0) is 18.2. The van der Waals surface area contributed by atoms with Gasteiger partial charge < -0.3 is 16.0 Å². The van der Waals surface area contributed by atoms with Crippen LogP contribution in [0.2, 0.25) is 0 Å². The summed E-state index contributed by atoms with van der Waals surface area (Å²) >= 11 is 0. The smallest absolute Gasteiger partial charge is 0.318 e. The molecule has 2 aromatic rings. The monoisotopic (exact) mass is 340 g/mol. The number of hydrogen-bond donors (Lipinski definition) is 3. The molecular formula is C17H16N4O4. The number of nitro groups is 1. The summed E-state index contributed by atoms with van der Waals surface area (Å²) in [4.78, 5) is 33.5. The lowest BCUT2D eigenvalue weighted by molar-refractivity contribution is -0.384. The van der Waals surface area contributed by atoms with Gasteiger partial charge in [0.1, 0.15) is 0 Å². The molecule has 0 bridgehead atoms. The van der Waals surface area contributed by atoms with Crippen molar-refractivity contribution in [3.8, 4) is 0 Å². The standard InChI is InChI=1S/C17H16N4O4/c1-18-17(23)20-14-6-3-5-13(11-14)19-16(22)9-8-12-4-2-7-15(10-12)21(24)25/h2-11H,1H3,(H,19,22)(H2,18,20,23)/b9-8+. The Morgan fingerprint density at radius 1 is 1.04 bits per heavy atom. The Morgan fingerprint density at radius 2 is 1.72 bits per heavy atom. The first kappa shape index (κ1) is 17.7. The second-order valence-corrected chi connectivity index (χ2v) is 4.96. The molecule has 0 radical (unpaired) electrons. The van der Waals surface area contributed by atoms with Crippen molar-refractivity contribution in [1.82, 2.24) is 5.32 Å². The van der Waals surface area contributed by atoms with Crippen LogP contribution >= 0.6 is 0 Å². The summed E-state index contributed by atoms with van der Waals surface area (Å²) < 4.78 is 0. The minimum absolute atomic E-state index is 0.0458. The molecule has 0 aliphatic heterocycles. The zero-order valence-electron chi connectivity index (χ0n) is 13.4. The number of benzene rings is 2. The molecule has 3 amide bonds. The van der Waals surface area contributed by atoms with Gasteiger partial charge in [-0.25, -0.2) is 4.79 Å². The van der Waals surface area contributed by atoms with Crippen LogP contribution in [-0.4, -0.2) is 23.9 Å². The Kier molecular flexibility index (Phi) is 5.83. The molecule has 0 spiro atoms. The largest absolute Gasteiger partial charge is 0.341 e. The van der Waals surface area contributed by atoms with Crippen LogP contribution in [0.25, 0.3) is 6.08 Å². The van der Waals surface area contributed by atoms with Crippen molar-refractivity contribution >= 4 is 35.1 Å². The van der Waals surface area contributed by atoms with Gasteiger partial charge in [0.15, 0.2) is 0 Å². The number of hydrogen-bond acceptors (Lipinski definition) is 4. The van der Waals surface area contributed by atoms with Crippen LogP contribution in [0.15, 0.2) is 54.6 Å². The highest BCUT2D eigenvalue weighted by molar-refractivity contribution is 6.02. The molecule has 0 aromatic heterocycles. The minimum Gasteiger partial charge on any atom is -0.341 e. The average molecular weight is 340 g/mol. The molecule has 0 fully saturated rings. The molecule has 0 unspecified atom stereocenters. The summed E-state index contributed by atoms with van der Waals surface area (Å²) in [5.74, 6) is -0.399. The lowest BCUT2D eigenvalue weighted by atomic mass is 10.2. The van der Waals surface area contributed by atoms with E-state index in [1.54, 1.807) is 36.4 Å². The molecule has 0 saturated heterocycles. The second kappa shape index (κ2) is 8.25. The van der Waals surface area contributed by atoms with Crippen molar-refractivity contribution in [2.45, 2.75) is 0 Å². The Balaban J connectivity index is 2.02. The van der Waals surface area contributed by atoms with E-state index in [9.17, 15) is 19.7 Å². The second-order valence-electron chi connectivity index (χ2n) is 4.96. The molecule has 2 rings (SSSR count). The molecule has 128 valence electrons. The van der Waals surface area contributed by atoms with Gasteiger partial charge in [-0.3, -0.25) is 14.9 Å². The molecule has 0 saturated carbocycles. The van der Waals surface area contributed by atoms with Gasteiger partial charge in [-0.1, -0.05) is 18.2 Å². The zero-order valence-corrected chi connectivity index (χ0v) is 13.4. The number of nitro benzene ring substituents is 1. The summed E-state index contributed by atoms with van der Waals surface area (Å²) in [5, 5.41) is 18.4. The Hall–Kier alpha value is -3.68. The maximum Gasteiger partial charge on any atom is 0.318 e. The summed E-state index contributed by atoms with van der Waals surface area (Å²) in [6.07, 6.45) is 2.76. The molecule has 8 nitrogen and oxygen atoms in total. The number of amides is 3. The summed E-state index contributed by atoms with van der Waals surface area (Å²) in [5.41, 5.74) is 1.53. The number of carbonyl (C=O) groups is 2. The molecule has 8 heteroatoms. The van der Waals surface area contributed by atoms with Gasteiger partial charge in [-0.05, 0) is 29.8 Å². The van der Waals surface area contributed by atoms with Crippen molar-refractivity contribution in [3.05, 3.63) is 70.3 Å². The maximum absolute atomic E-state index is 12.0. The highest BCUT2D eigenvalue weighted by atomic mass is 16.6. The van der Waals surface area contributed by atoms with Crippen molar-refractivity contribution in [3.63, 3.8) is 0 Å². The molecule has 0 heterocycles. The van der Waals surface area contributed by atoms with Crippen molar-refractivity contribution in [2.75, 3.05) is 17.7 Å². The maximum atomic E-state index is 12.0. The van der Waals surface area contributed by atoms with E-state index < -0.39 is 10.8 Å². The average Bonchev–Trinajstić information content (AvgIpc) is 2.60. The number of nitrogens with one attached hydrogen (secondary N) is 3. The fourth-order valence-corrected chi connectivity index (χ4v) is 1.97. The van der Waals surface area contributed by atoms with Crippen molar-refractivity contribution in [2.24, 2.45) is 0 Å². The van der Waals surface area contributed by atoms with Crippen LogP contribution in [0.5, 0.6) is 0 Å². The third-order valence-electron chi connectivity index (χ3n) is 3.12. The van der Waals surface area contributed by atoms with Gasteiger partial charge in [0.2, 0.25) is 5.91 Å². The van der Waals surface area contributed by atoms with Crippen molar-refractivity contribution in [1.29, 1.82) is 0 Å². The minimum atomic E-state index is -0.498. The first-order chi connectivity index (χ1) is 12.0. The SMILES string of the molecule is CNC(=O)Nc1cccc(NC(=O)/C=C/c2cccc([N+](=O)[O-])c2)c1. The van der Waals surface area contributed by atoms with E-state index in [2.05, 4.69) is 16.0 Å². The molecule has 3 N–H and O–H groups in total. The van der Waals surface area contributed by atoms with E-state index >= 15 is 0 Å². The number of nitrogens with zero attached hydrogens (tertiary/aromatic N) is 1. The molecule has 0 atom stereocenters. The van der Waals surface area contributed by atoms with Crippen molar-refractivity contribution < 1.29 is 14.5 Å². The Morgan fingerprint density at radius 3 is 2.40 bits per heavy atom. The molecule has 2 aromatic carbocycles. The fourth-order valence-electron chi connectivity index (χ4n) is 1.97. The third-order valence-corrected chi connectivity index (χ3v) is 3.12. The quantitative estimate of drug-likeness (QED) is 0.441. The third kappa shape index (κ3) is 5.47. The number of non-ortho nitro benzene ring substituents is 1. The van der Waals surface area contributed by atoms with E-state index in [4.69, 9.17) is 0 Å². The molecular weight excluding hydrogens is 324 g/mol. The van der Waals surface area contributed by atoms with E-state index in [0.717, 1.165) is 0 Å². The lowest BCUT2D eigenvalue weighted by Crippen LogP contribution is -2.24. The summed E-state index contributed by atoms with van der Waals surface area (Å²) in [7, 11) is 1.50. The molecule has 25 heavy (non-hydrogen) atoms. The highest BCUT2D eigenvalue weighted by Crippen LogP contribution is 2.16. The highest BCUT2D eigenvalue weighted by Gasteiger charge is 2.05. The number of carbonyl (C=O) groups excluding carboxylic acids is 2. The van der Waals surface area contributed by atoms with Crippen LogP contribution in [-0.2, 0) is 4.79 Å². The fraction of sp³-hybridized carbons (Fsp3) is 0.0588. The van der Waals surface area contributed by atoms with E-state index in [-0.39, 0.29) is 11.7 Å². The van der Waals surface area contributed by atoms with Crippen LogP contribution in [0, 0.1) is 10.1 Å². The van der Waals surface area contributed by atoms with Crippen LogP contribution in [0.1, 0.15) is 5.56 Å². The predicted molar refractivity (Wildman–Crippen MR) is 95.3 cm³/mol. The van der Waals surface area contributed by atoms with Crippen LogP contribution < -0.4 is 16.0 Å². The first-order valence-electron chi connectivity index (χ1n) is 7.30. The number of rotatable bonds is 5. The van der Waals surface area contributed by atoms with Gasteiger partial charge >= 0.3 is 6.03 Å². The number of anilines is 2. The van der Waals surface area contributed by atoms with E-state index in [0.29, 0.717) is 16.9 Å². The van der Waals surface area contributed by atoms with E-state index in [1.165, 1.54) is 31.3 Å². The predicted octanol–water partition coefficient (Wildman–Crippen LogP) is 3.00. The van der Waals surface area contributed by atoms with Gasteiger partial charge in [0, 0.05) is 36.6 Å². The normalized spacial score (nSPS) is 10.3. The molecule has 0 aliphatic rings. The van der Waals surface area contributed by atoms with E-state index in [1.807, 2.05) is 0 Å². The van der Waals surface area contributed by atoms with Gasteiger partial charge in [0.25, 0.3) is 5.69 Å². The first-order valence-corrected chi connectivity index (χ1v) is 7.30. The summed E-state index contributed by atoms with van der Waals surface area (Å²) in [6, 6.07) is 12.2. The Bertz CT molecular complexity index is 833.